The van der Waals surface area contributed by atoms with Gasteiger partial charge in [0.25, 0.3) is 0 Å². The molecule has 0 bridgehead atoms. The Morgan fingerprint density at radius 1 is 1.00 bits per heavy atom. The van der Waals surface area contributed by atoms with E-state index in [0.717, 1.165) is 4.88 Å². The van der Waals surface area contributed by atoms with Crippen molar-refractivity contribution in [3.05, 3.63) is 68.5 Å². The zero-order chi connectivity index (χ0) is 19.4. The van der Waals surface area contributed by atoms with E-state index in [1.807, 2.05) is 11.4 Å². The summed E-state index contributed by atoms with van der Waals surface area (Å²) < 4.78 is 27.3. The lowest BCUT2D eigenvalue weighted by molar-refractivity contribution is -0.114. The average Bonchev–Trinajstić information content (AvgIpc) is 3.31. The molecule has 140 valence electrons. The third-order valence-corrected chi connectivity index (χ3v) is 6.92. The Balaban J connectivity index is 1.65. The molecule has 0 saturated carbocycles. The summed E-state index contributed by atoms with van der Waals surface area (Å²) in [5.41, 5.74) is 0.524. The molecule has 6 nitrogen and oxygen atoms in total. The molecule has 1 aromatic carbocycles. The molecule has 0 saturated heterocycles. The van der Waals surface area contributed by atoms with Crippen LogP contribution < -0.4 is 10.0 Å². The highest BCUT2D eigenvalue weighted by Crippen LogP contribution is 2.23. The molecular weight excluding hydrogens is 404 g/mol. The summed E-state index contributed by atoms with van der Waals surface area (Å²) in [5, 5.41) is 4.42. The van der Waals surface area contributed by atoms with Gasteiger partial charge < -0.3 is 5.32 Å². The minimum Gasteiger partial charge on any atom is -0.326 e. The van der Waals surface area contributed by atoms with Gasteiger partial charge in [-0.05, 0) is 47.8 Å². The highest BCUT2D eigenvalue weighted by Gasteiger charge is 2.16. The molecule has 0 aliphatic carbocycles. The van der Waals surface area contributed by atoms with Crippen molar-refractivity contribution in [2.24, 2.45) is 0 Å². The van der Waals surface area contributed by atoms with Gasteiger partial charge in [-0.3, -0.25) is 9.59 Å². The number of benzene rings is 1. The van der Waals surface area contributed by atoms with Gasteiger partial charge in [-0.2, -0.15) is 0 Å². The zero-order valence-electron chi connectivity index (χ0n) is 14.3. The summed E-state index contributed by atoms with van der Waals surface area (Å²) in [5.74, 6) is -0.285. The van der Waals surface area contributed by atoms with Crippen LogP contribution in [0.2, 0.25) is 0 Å². The minimum atomic E-state index is -3.70. The fraction of sp³-hybridized carbons (Fsp3) is 0.111. The van der Waals surface area contributed by atoms with E-state index < -0.39 is 10.0 Å². The Morgan fingerprint density at radius 3 is 2.37 bits per heavy atom. The molecule has 0 aliphatic rings. The first-order valence-corrected chi connectivity index (χ1v) is 11.1. The first-order chi connectivity index (χ1) is 12.8. The van der Waals surface area contributed by atoms with Crippen LogP contribution in [0, 0.1) is 0 Å². The predicted octanol–water partition coefficient (Wildman–Crippen LogP) is 3.48. The van der Waals surface area contributed by atoms with Crippen LogP contribution in [0.15, 0.2) is 58.8 Å². The number of nitrogens with one attached hydrogen (secondary N) is 2. The summed E-state index contributed by atoms with van der Waals surface area (Å²) in [7, 11) is -3.70. The highest BCUT2D eigenvalue weighted by molar-refractivity contribution is 7.89. The van der Waals surface area contributed by atoms with Gasteiger partial charge in [0, 0.05) is 24.0 Å². The normalized spacial score (nSPS) is 11.3. The van der Waals surface area contributed by atoms with Crippen molar-refractivity contribution in [3.63, 3.8) is 0 Å². The van der Waals surface area contributed by atoms with Crippen LogP contribution in [0.3, 0.4) is 0 Å². The molecular formula is C18H16N2O4S3. The molecule has 2 N–H and O–H groups in total. The smallest absolute Gasteiger partial charge is 0.240 e. The van der Waals surface area contributed by atoms with Crippen molar-refractivity contribution >= 4 is 50.1 Å². The molecule has 0 unspecified atom stereocenters. The number of ketones is 1. The third kappa shape index (κ3) is 4.89. The van der Waals surface area contributed by atoms with E-state index in [0.29, 0.717) is 15.4 Å². The van der Waals surface area contributed by atoms with E-state index in [-0.39, 0.29) is 23.1 Å². The highest BCUT2D eigenvalue weighted by atomic mass is 32.2. The molecule has 0 fully saturated rings. The van der Waals surface area contributed by atoms with Crippen LogP contribution in [0.4, 0.5) is 5.69 Å². The molecule has 0 aliphatic heterocycles. The van der Waals surface area contributed by atoms with Gasteiger partial charge in [0.2, 0.25) is 21.7 Å². The van der Waals surface area contributed by atoms with Crippen LogP contribution in [-0.2, 0) is 21.4 Å². The minimum absolute atomic E-state index is 0.0577. The second-order valence-electron chi connectivity index (χ2n) is 5.60. The number of thiophene rings is 2. The van der Waals surface area contributed by atoms with Gasteiger partial charge in [-0.1, -0.05) is 6.07 Å². The van der Waals surface area contributed by atoms with Crippen LogP contribution in [0.1, 0.15) is 26.3 Å². The molecule has 0 spiro atoms. The summed E-state index contributed by atoms with van der Waals surface area (Å²) in [4.78, 5) is 25.4. The fourth-order valence-electron chi connectivity index (χ4n) is 2.29. The predicted molar refractivity (Wildman–Crippen MR) is 107 cm³/mol. The van der Waals surface area contributed by atoms with E-state index >= 15 is 0 Å². The van der Waals surface area contributed by atoms with Crippen molar-refractivity contribution in [1.82, 2.24) is 4.72 Å². The van der Waals surface area contributed by atoms with E-state index in [1.165, 1.54) is 53.9 Å². The van der Waals surface area contributed by atoms with Gasteiger partial charge in [0.15, 0.2) is 0 Å². The lowest BCUT2D eigenvalue weighted by Crippen LogP contribution is -2.22. The maximum Gasteiger partial charge on any atom is 0.240 e. The van der Waals surface area contributed by atoms with Crippen molar-refractivity contribution in [2.45, 2.75) is 18.4 Å². The van der Waals surface area contributed by atoms with Gasteiger partial charge in [0.1, 0.15) is 0 Å². The molecule has 0 radical (unpaired) electrons. The number of anilines is 1. The Bertz CT molecular complexity index is 1050. The van der Waals surface area contributed by atoms with E-state index in [2.05, 4.69) is 10.0 Å². The topological polar surface area (TPSA) is 92.3 Å². The zero-order valence-corrected chi connectivity index (χ0v) is 16.7. The van der Waals surface area contributed by atoms with E-state index in [9.17, 15) is 18.0 Å². The number of carbonyl (C=O) groups is 2. The number of hydrogen-bond donors (Lipinski definition) is 2. The average molecular weight is 421 g/mol. The fourth-order valence-corrected chi connectivity index (χ4v) is 5.04. The number of hydrogen-bond acceptors (Lipinski definition) is 6. The lowest BCUT2D eigenvalue weighted by Gasteiger charge is -2.07. The molecule has 0 atom stereocenters. The van der Waals surface area contributed by atoms with Crippen molar-refractivity contribution < 1.29 is 18.0 Å². The van der Waals surface area contributed by atoms with E-state index in [1.54, 1.807) is 18.2 Å². The maximum atomic E-state index is 12.4. The molecule has 9 heteroatoms. The standard InChI is InChI=1S/C18H16N2O4S3/c1-12(21)20-13-4-7-15(8-5-13)27(23,24)19-11-14-6-9-17(26-14)18(22)16-3-2-10-25-16/h2-10,19H,11H2,1H3,(H,20,21). The first-order valence-electron chi connectivity index (χ1n) is 7.89. The van der Waals surface area contributed by atoms with Gasteiger partial charge in [0.05, 0.1) is 14.6 Å². The summed E-state index contributed by atoms with van der Waals surface area (Å²) >= 11 is 2.64. The Labute approximate surface area is 164 Å². The summed E-state index contributed by atoms with van der Waals surface area (Å²) in [6.07, 6.45) is 0. The number of sulfonamides is 1. The number of rotatable bonds is 7. The molecule has 2 heterocycles. The number of carbonyl (C=O) groups excluding carboxylic acids is 2. The van der Waals surface area contributed by atoms with Crippen LogP contribution >= 0.6 is 22.7 Å². The molecule has 3 aromatic rings. The van der Waals surface area contributed by atoms with E-state index in [4.69, 9.17) is 0 Å². The van der Waals surface area contributed by atoms with Crippen LogP contribution in [-0.4, -0.2) is 20.1 Å². The summed E-state index contributed by atoms with van der Waals surface area (Å²) in [6, 6.07) is 12.9. The van der Waals surface area contributed by atoms with Gasteiger partial charge >= 0.3 is 0 Å². The van der Waals surface area contributed by atoms with Crippen molar-refractivity contribution in [2.75, 3.05) is 5.32 Å². The Kier molecular flexibility index (Phi) is 5.85. The summed E-state index contributed by atoms with van der Waals surface area (Å²) in [6.45, 7) is 1.48. The number of amides is 1. The SMILES string of the molecule is CC(=O)Nc1ccc(S(=O)(=O)NCc2ccc(C(=O)c3cccs3)s2)cc1. The van der Waals surface area contributed by atoms with Crippen LogP contribution in [0.5, 0.6) is 0 Å². The van der Waals surface area contributed by atoms with Gasteiger partial charge in [-0.25, -0.2) is 13.1 Å². The lowest BCUT2D eigenvalue weighted by atomic mass is 10.3. The Morgan fingerprint density at radius 2 is 1.74 bits per heavy atom. The first kappa shape index (κ1) is 19.4. The van der Waals surface area contributed by atoms with Crippen molar-refractivity contribution in [1.29, 1.82) is 0 Å². The second kappa shape index (κ2) is 8.13. The maximum absolute atomic E-state index is 12.4. The third-order valence-electron chi connectivity index (χ3n) is 3.55. The Hall–Kier alpha value is -2.33. The molecule has 3 rings (SSSR count). The van der Waals surface area contributed by atoms with Gasteiger partial charge in [-0.15, -0.1) is 22.7 Å². The molecule has 27 heavy (non-hydrogen) atoms. The van der Waals surface area contributed by atoms with Crippen LogP contribution in [0.25, 0.3) is 0 Å². The van der Waals surface area contributed by atoms with Crippen molar-refractivity contribution in [3.8, 4) is 0 Å². The monoisotopic (exact) mass is 420 g/mol. The largest absolute Gasteiger partial charge is 0.326 e. The quantitative estimate of drug-likeness (QED) is 0.573. The molecule has 1 amide bonds. The molecule has 2 aromatic heterocycles. The second-order valence-corrected chi connectivity index (χ2v) is 9.49.